The highest BCUT2D eigenvalue weighted by Crippen LogP contribution is 2.31. The monoisotopic (exact) mass is 325 g/mol. The zero-order chi connectivity index (χ0) is 13.1. The molecule has 1 N–H and O–H groups in total. The predicted molar refractivity (Wildman–Crippen MR) is 82.6 cm³/mol. The lowest BCUT2D eigenvalue weighted by Crippen LogP contribution is -2.14. The summed E-state index contributed by atoms with van der Waals surface area (Å²) in [4.78, 5) is 6.44. The Morgan fingerprint density at radius 1 is 1.39 bits per heavy atom. The first-order valence-electron chi connectivity index (χ1n) is 5.70. The Morgan fingerprint density at radius 2 is 2.17 bits per heavy atom. The second kappa shape index (κ2) is 5.71. The van der Waals surface area contributed by atoms with Crippen LogP contribution >= 0.6 is 27.3 Å². The van der Waals surface area contributed by atoms with E-state index in [1.807, 2.05) is 25.7 Å². The van der Waals surface area contributed by atoms with Crippen molar-refractivity contribution < 1.29 is 0 Å². The maximum atomic E-state index is 4.34. The van der Waals surface area contributed by atoms with Crippen LogP contribution in [0.4, 0.5) is 11.4 Å². The molecule has 5 heteroatoms. The molecule has 1 unspecified atom stereocenters. The Morgan fingerprint density at radius 3 is 2.78 bits per heavy atom. The van der Waals surface area contributed by atoms with E-state index in [-0.39, 0.29) is 6.04 Å². The minimum atomic E-state index is 0.206. The first kappa shape index (κ1) is 13.4. The van der Waals surface area contributed by atoms with Crippen molar-refractivity contribution in [3.05, 3.63) is 39.3 Å². The second-order valence-electron chi connectivity index (χ2n) is 4.29. The van der Waals surface area contributed by atoms with Crippen molar-refractivity contribution in [2.75, 3.05) is 24.3 Å². The van der Waals surface area contributed by atoms with Crippen LogP contribution in [0, 0.1) is 0 Å². The molecule has 0 fully saturated rings. The van der Waals surface area contributed by atoms with E-state index in [1.165, 1.54) is 5.69 Å². The minimum Gasteiger partial charge on any atom is -0.376 e. The van der Waals surface area contributed by atoms with Gasteiger partial charge in [-0.1, -0.05) is 15.9 Å². The van der Waals surface area contributed by atoms with Crippen molar-refractivity contribution in [2.45, 2.75) is 13.0 Å². The number of nitrogens with zero attached hydrogens (tertiary/aromatic N) is 2. The number of hydrogen-bond donors (Lipinski definition) is 1. The number of thiazole rings is 1. The van der Waals surface area contributed by atoms with Crippen LogP contribution in [0.1, 0.15) is 18.0 Å². The lowest BCUT2D eigenvalue weighted by molar-refractivity contribution is 0.868. The highest BCUT2D eigenvalue weighted by atomic mass is 79.9. The first-order chi connectivity index (χ1) is 8.58. The third kappa shape index (κ3) is 3.03. The van der Waals surface area contributed by atoms with Gasteiger partial charge in [-0.15, -0.1) is 11.3 Å². The molecule has 1 heterocycles. The van der Waals surface area contributed by atoms with E-state index < -0.39 is 0 Å². The summed E-state index contributed by atoms with van der Waals surface area (Å²) in [5, 5.41) is 6.61. The van der Waals surface area contributed by atoms with Crippen molar-refractivity contribution >= 4 is 38.6 Å². The molecule has 0 bridgehead atoms. The molecular formula is C13H16BrN3S. The number of anilines is 2. The van der Waals surface area contributed by atoms with E-state index in [4.69, 9.17) is 0 Å². The molecule has 0 amide bonds. The van der Waals surface area contributed by atoms with Crippen LogP contribution < -0.4 is 10.2 Å². The Kier molecular flexibility index (Phi) is 4.24. The normalized spacial score (nSPS) is 12.2. The summed E-state index contributed by atoms with van der Waals surface area (Å²) < 4.78 is 1.07. The molecule has 2 rings (SSSR count). The number of aromatic nitrogens is 1. The van der Waals surface area contributed by atoms with Crippen molar-refractivity contribution in [1.82, 2.24) is 4.98 Å². The minimum absolute atomic E-state index is 0.206. The summed E-state index contributed by atoms with van der Waals surface area (Å²) in [7, 11) is 4.09. The van der Waals surface area contributed by atoms with Crippen molar-refractivity contribution in [2.24, 2.45) is 0 Å². The second-order valence-corrected chi connectivity index (χ2v) is 6.13. The maximum Gasteiger partial charge on any atom is 0.115 e. The average molecular weight is 326 g/mol. The Bertz CT molecular complexity index is 511. The molecule has 0 aliphatic carbocycles. The van der Waals surface area contributed by atoms with Crippen molar-refractivity contribution in [3.63, 3.8) is 0 Å². The molecule has 0 radical (unpaired) electrons. The van der Waals surface area contributed by atoms with Gasteiger partial charge in [-0.25, -0.2) is 4.98 Å². The Hall–Kier alpha value is -1.07. The third-order valence-electron chi connectivity index (χ3n) is 2.63. The van der Waals surface area contributed by atoms with Gasteiger partial charge in [0.15, 0.2) is 0 Å². The van der Waals surface area contributed by atoms with Crippen LogP contribution in [0.2, 0.25) is 0 Å². The van der Waals surface area contributed by atoms with E-state index in [2.05, 4.69) is 56.3 Å². The van der Waals surface area contributed by atoms with Gasteiger partial charge in [0.05, 0.1) is 17.4 Å². The molecule has 0 aliphatic rings. The lowest BCUT2D eigenvalue weighted by Gasteiger charge is -2.21. The largest absolute Gasteiger partial charge is 0.376 e. The molecule has 0 aliphatic heterocycles. The van der Waals surface area contributed by atoms with E-state index in [1.54, 1.807) is 11.3 Å². The molecule has 0 spiro atoms. The fourth-order valence-corrected chi connectivity index (χ4v) is 2.76. The molecule has 3 nitrogen and oxygen atoms in total. The van der Waals surface area contributed by atoms with Crippen LogP contribution in [0.15, 0.2) is 34.2 Å². The first-order valence-corrected chi connectivity index (χ1v) is 7.38. The van der Waals surface area contributed by atoms with Crippen LogP contribution in [0.25, 0.3) is 0 Å². The van der Waals surface area contributed by atoms with Gasteiger partial charge < -0.3 is 10.2 Å². The van der Waals surface area contributed by atoms with Gasteiger partial charge in [-0.3, -0.25) is 0 Å². The van der Waals surface area contributed by atoms with Gasteiger partial charge in [0.2, 0.25) is 0 Å². The van der Waals surface area contributed by atoms with E-state index in [0.717, 1.165) is 15.2 Å². The summed E-state index contributed by atoms with van der Waals surface area (Å²) in [6.07, 6.45) is 1.84. The quantitative estimate of drug-likeness (QED) is 0.915. The number of nitrogens with one attached hydrogen (secondary N) is 1. The third-order valence-corrected chi connectivity index (χ3v) is 4.09. The molecule has 1 aromatic carbocycles. The molecule has 0 saturated heterocycles. The highest BCUT2D eigenvalue weighted by molar-refractivity contribution is 9.10. The summed E-state index contributed by atoms with van der Waals surface area (Å²) in [5.41, 5.74) is 2.28. The number of rotatable bonds is 4. The van der Waals surface area contributed by atoms with Crippen LogP contribution in [0.5, 0.6) is 0 Å². The summed E-state index contributed by atoms with van der Waals surface area (Å²) in [5.74, 6) is 0. The summed E-state index contributed by atoms with van der Waals surface area (Å²) in [6, 6.07) is 6.45. The highest BCUT2D eigenvalue weighted by Gasteiger charge is 2.11. The number of halogens is 1. The van der Waals surface area contributed by atoms with Gasteiger partial charge in [0.1, 0.15) is 5.01 Å². The summed E-state index contributed by atoms with van der Waals surface area (Å²) >= 11 is 5.18. The lowest BCUT2D eigenvalue weighted by atomic mass is 10.2. The fraction of sp³-hybridized carbons (Fsp3) is 0.308. The molecule has 2 aromatic rings. The Balaban J connectivity index is 2.25. The van der Waals surface area contributed by atoms with Crippen LogP contribution in [-0.2, 0) is 0 Å². The predicted octanol–water partition coefficient (Wildman–Crippen LogP) is 4.14. The van der Waals surface area contributed by atoms with Gasteiger partial charge in [-0.05, 0) is 25.1 Å². The van der Waals surface area contributed by atoms with Gasteiger partial charge in [0, 0.05) is 30.1 Å². The standard InChI is InChI=1S/C13H16BrN3S/c1-9(13-15-6-7-18-13)16-11-8-10(14)4-5-12(11)17(2)3/h4-9,16H,1-3H3. The number of benzene rings is 1. The van der Waals surface area contributed by atoms with E-state index in [0.29, 0.717) is 0 Å². The molecule has 96 valence electrons. The Labute approximate surface area is 120 Å². The maximum absolute atomic E-state index is 4.34. The topological polar surface area (TPSA) is 28.2 Å². The molecule has 1 atom stereocenters. The van der Waals surface area contributed by atoms with Gasteiger partial charge in [0.25, 0.3) is 0 Å². The zero-order valence-corrected chi connectivity index (χ0v) is 13.0. The molecular weight excluding hydrogens is 310 g/mol. The summed E-state index contributed by atoms with van der Waals surface area (Å²) in [6.45, 7) is 2.12. The van der Waals surface area contributed by atoms with Crippen molar-refractivity contribution in [3.8, 4) is 0 Å². The molecule has 0 saturated carbocycles. The average Bonchev–Trinajstić information content (AvgIpc) is 2.81. The molecule has 18 heavy (non-hydrogen) atoms. The van der Waals surface area contributed by atoms with E-state index in [9.17, 15) is 0 Å². The van der Waals surface area contributed by atoms with Gasteiger partial charge in [-0.2, -0.15) is 0 Å². The smallest absolute Gasteiger partial charge is 0.115 e. The van der Waals surface area contributed by atoms with Crippen LogP contribution in [0.3, 0.4) is 0 Å². The zero-order valence-electron chi connectivity index (χ0n) is 10.6. The van der Waals surface area contributed by atoms with Crippen LogP contribution in [-0.4, -0.2) is 19.1 Å². The van der Waals surface area contributed by atoms with E-state index >= 15 is 0 Å². The number of hydrogen-bond acceptors (Lipinski definition) is 4. The fourth-order valence-electron chi connectivity index (χ4n) is 1.76. The SMILES string of the molecule is CC(Nc1cc(Br)ccc1N(C)C)c1nccs1. The molecule has 1 aromatic heterocycles. The van der Waals surface area contributed by atoms with Gasteiger partial charge >= 0.3 is 0 Å². The van der Waals surface area contributed by atoms with Crippen molar-refractivity contribution in [1.29, 1.82) is 0 Å².